The van der Waals surface area contributed by atoms with Crippen LogP contribution in [0.3, 0.4) is 0 Å². The third kappa shape index (κ3) is 2.83. The Morgan fingerprint density at radius 1 is 0.875 bits per heavy atom. The van der Waals surface area contributed by atoms with Gasteiger partial charge in [0.15, 0.2) is 0 Å². The maximum atomic E-state index is 11.2. The van der Waals surface area contributed by atoms with Crippen molar-refractivity contribution in [3.63, 3.8) is 0 Å². The summed E-state index contributed by atoms with van der Waals surface area (Å²) < 4.78 is 0. The van der Waals surface area contributed by atoms with Gasteiger partial charge in [0.05, 0.1) is 11.1 Å². The van der Waals surface area contributed by atoms with Crippen molar-refractivity contribution in [1.29, 1.82) is 0 Å². The zero-order chi connectivity index (χ0) is 17.3. The second-order valence-corrected chi connectivity index (χ2v) is 5.26. The Kier molecular flexibility index (Phi) is 3.77. The van der Waals surface area contributed by atoms with Gasteiger partial charge in [-0.2, -0.15) is 0 Å². The number of terminal acetylenes is 1. The van der Waals surface area contributed by atoms with Crippen LogP contribution in [0.1, 0.15) is 26.3 Å². The van der Waals surface area contributed by atoms with Crippen LogP contribution in [0.25, 0.3) is 21.9 Å². The molecular formula is C20H12O4. The normalized spacial score (nSPS) is 10.3. The van der Waals surface area contributed by atoms with E-state index in [4.69, 9.17) is 16.6 Å². The molecule has 0 fully saturated rings. The van der Waals surface area contributed by atoms with Gasteiger partial charge in [-0.05, 0) is 46.2 Å². The van der Waals surface area contributed by atoms with E-state index in [1.165, 1.54) is 35.4 Å². The van der Waals surface area contributed by atoms with Gasteiger partial charge >= 0.3 is 11.9 Å². The summed E-state index contributed by atoms with van der Waals surface area (Å²) in [6.45, 7) is 0. The standard InChI is InChI=1S/C14H8O4.C6H4/c1-2-8-3-4-9-7-10(13(15)16)5-6-11(9)12(8)14(17)18;1-2-5-4-6(5)3-1/h1,3-7H,(H,15,16)(H,17,18);1-4H. The van der Waals surface area contributed by atoms with E-state index in [0.29, 0.717) is 10.8 Å². The first-order valence-electron chi connectivity index (χ1n) is 7.11. The maximum absolute atomic E-state index is 11.2. The smallest absolute Gasteiger partial charge is 0.337 e. The van der Waals surface area contributed by atoms with Gasteiger partial charge in [-0.25, -0.2) is 9.59 Å². The molecule has 0 amide bonds. The van der Waals surface area contributed by atoms with Crippen LogP contribution in [0.2, 0.25) is 0 Å². The molecule has 0 spiro atoms. The van der Waals surface area contributed by atoms with Crippen LogP contribution in [0.4, 0.5) is 0 Å². The highest BCUT2D eigenvalue weighted by Gasteiger charge is 2.14. The van der Waals surface area contributed by atoms with Gasteiger partial charge in [-0.1, -0.05) is 36.3 Å². The molecule has 0 bridgehead atoms. The van der Waals surface area contributed by atoms with Crippen molar-refractivity contribution in [2.75, 3.05) is 0 Å². The third-order valence-corrected chi connectivity index (χ3v) is 3.75. The summed E-state index contributed by atoms with van der Waals surface area (Å²) in [6, 6.07) is 15.8. The zero-order valence-electron chi connectivity index (χ0n) is 12.5. The number of hydrogen-bond donors (Lipinski definition) is 2. The number of carboxylic acid groups (broad SMARTS) is 2. The summed E-state index contributed by atoms with van der Waals surface area (Å²) in [5.74, 6) is 0.121. The molecule has 116 valence electrons. The van der Waals surface area contributed by atoms with Gasteiger partial charge in [0.2, 0.25) is 0 Å². The Morgan fingerprint density at radius 2 is 1.58 bits per heavy atom. The highest BCUT2D eigenvalue weighted by atomic mass is 16.4. The molecule has 0 saturated carbocycles. The van der Waals surface area contributed by atoms with Crippen molar-refractivity contribution >= 4 is 22.7 Å². The second kappa shape index (κ2) is 5.90. The number of carboxylic acids is 2. The average molecular weight is 316 g/mol. The molecule has 0 aromatic heterocycles. The number of rotatable bonds is 2. The van der Waals surface area contributed by atoms with E-state index in [1.807, 2.05) is 0 Å². The zero-order valence-corrected chi connectivity index (χ0v) is 12.5. The lowest BCUT2D eigenvalue weighted by atomic mass is 9.98. The number of fused-ring (bicyclic) bond motifs is 2. The molecule has 4 nitrogen and oxygen atoms in total. The first-order valence-corrected chi connectivity index (χ1v) is 7.11. The average Bonchev–Trinajstić information content (AvgIpc) is 3.18. The van der Waals surface area contributed by atoms with E-state index in [9.17, 15) is 9.59 Å². The molecule has 0 heterocycles. The first-order chi connectivity index (χ1) is 11.5. The topological polar surface area (TPSA) is 74.6 Å². The van der Waals surface area contributed by atoms with Crippen molar-refractivity contribution in [3.05, 3.63) is 71.3 Å². The fraction of sp³-hybridized carbons (Fsp3) is 0. The number of hydrogen-bond acceptors (Lipinski definition) is 2. The molecule has 0 aliphatic heterocycles. The molecule has 24 heavy (non-hydrogen) atoms. The predicted molar refractivity (Wildman–Crippen MR) is 91.2 cm³/mol. The fourth-order valence-electron chi connectivity index (χ4n) is 2.49. The van der Waals surface area contributed by atoms with Crippen LogP contribution < -0.4 is 0 Å². The molecule has 4 rings (SSSR count). The minimum absolute atomic E-state index is 0.0203. The Hall–Kier alpha value is -3.58. The number of aromatic carboxylic acids is 2. The van der Waals surface area contributed by atoms with E-state index in [1.54, 1.807) is 6.07 Å². The lowest BCUT2D eigenvalue weighted by Crippen LogP contribution is -2.02. The summed E-state index contributed by atoms with van der Waals surface area (Å²) in [5.41, 5.74) is 3.25. The largest absolute Gasteiger partial charge is 0.478 e. The van der Waals surface area contributed by atoms with E-state index in [-0.39, 0.29) is 16.7 Å². The Morgan fingerprint density at radius 3 is 2.04 bits per heavy atom. The fourth-order valence-corrected chi connectivity index (χ4v) is 2.49. The minimum Gasteiger partial charge on any atom is -0.478 e. The van der Waals surface area contributed by atoms with Crippen LogP contribution in [0.5, 0.6) is 0 Å². The van der Waals surface area contributed by atoms with Gasteiger partial charge in [0, 0.05) is 5.56 Å². The third-order valence-electron chi connectivity index (χ3n) is 3.75. The highest BCUT2D eigenvalue weighted by Crippen LogP contribution is 2.32. The van der Waals surface area contributed by atoms with E-state index < -0.39 is 11.9 Å². The minimum atomic E-state index is -1.13. The lowest BCUT2D eigenvalue weighted by molar-refractivity contribution is 0.0688. The molecule has 2 aliphatic rings. The molecule has 0 saturated heterocycles. The summed E-state index contributed by atoms with van der Waals surface area (Å²) in [6.07, 6.45) is 5.25. The van der Waals surface area contributed by atoms with E-state index in [0.717, 1.165) is 0 Å². The number of carbonyl (C=O) groups is 2. The molecular weight excluding hydrogens is 304 g/mol. The van der Waals surface area contributed by atoms with Gasteiger partial charge in [-0.3, -0.25) is 0 Å². The van der Waals surface area contributed by atoms with Crippen LogP contribution >= 0.6 is 0 Å². The van der Waals surface area contributed by atoms with Crippen molar-refractivity contribution in [2.45, 2.75) is 0 Å². The van der Waals surface area contributed by atoms with Crippen molar-refractivity contribution in [1.82, 2.24) is 0 Å². The van der Waals surface area contributed by atoms with E-state index >= 15 is 0 Å². The van der Waals surface area contributed by atoms with Gasteiger partial charge < -0.3 is 10.2 Å². The SMILES string of the molecule is C#Cc1ccc2cc(C(=O)O)ccc2c1C(=O)O.c1cc2cc-2c1. The Bertz CT molecular complexity index is 1010. The van der Waals surface area contributed by atoms with E-state index in [2.05, 4.69) is 30.2 Å². The predicted octanol–water partition coefficient (Wildman–Crippen LogP) is 3.88. The lowest BCUT2D eigenvalue weighted by Gasteiger charge is -2.06. The monoisotopic (exact) mass is 316 g/mol. The molecule has 0 atom stereocenters. The van der Waals surface area contributed by atoms with Crippen LogP contribution in [0, 0.1) is 12.3 Å². The van der Waals surface area contributed by atoms with Crippen molar-refractivity contribution in [3.8, 4) is 23.5 Å². The Labute approximate surface area is 138 Å². The quantitative estimate of drug-likeness (QED) is 0.550. The summed E-state index contributed by atoms with van der Waals surface area (Å²) >= 11 is 0. The maximum Gasteiger partial charge on any atom is 0.337 e. The van der Waals surface area contributed by atoms with Crippen LogP contribution in [-0.4, -0.2) is 22.2 Å². The van der Waals surface area contributed by atoms with Gasteiger partial charge in [0.25, 0.3) is 0 Å². The summed E-state index contributed by atoms with van der Waals surface area (Å²) in [7, 11) is 0. The number of benzene rings is 3. The van der Waals surface area contributed by atoms with Crippen molar-refractivity contribution < 1.29 is 19.8 Å². The molecule has 2 aromatic rings. The summed E-state index contributed by atoms with van der Waals surface area (Å²) in [4.78, 5) is 22.0. The molecule has 0 unspecified atom stereocenters. The second-order valence-electron chi connectivity index (χ2n) is 5.26. The van der Waals surface area contributed by atoms with Crippen molar-refractivity contribution in [2.24, 2.45) is 0 Å². The molecule has 4 heteroatoms. The van der Waals surface area contributed by atoms with Crippen LogP contribution in [-0.2, 0) is 0 Å². The summed E-state index contributed by atoms with van der Waals surface area (Å²) in [5, 5.41) is 19.0. The van der Waals surface area contributed by atoms with Gasteiger partial charge in [-0.15, -0.1) is 6.42 Å². The molecule has 2 aliphatic carbocycles. The molecule has 2 aromatic carbocycles. The Balaban J connectivity index is 0.000000231. The first kappa shape index (κ1) is 15.3. The van der Waals surface area contributed by atoms with Gasteiger partial charge in [0.1, 0.15) is 0 Å². The van der Waals surface area contributed by atoms with Crippen LogP contribution in [0.15, 0.2) is 54.6 Å². The highest BCUT2D eigenvalue weighted by molar-refractivity contribution is 6.07. The molecule has 2 N–H and O–H groups in total. The molecule has 0 radical (unpaired) electrons.